The van der Waals surface area contributed by atoms with E-state index >= 15 is 0 Å². The molecule has 0 aliphatic carbocycles. The predicted octanol–water partition coefficient (Wildman–Crippen LogP) is 0.0642. The van der Waals surface area contributed by atoms with Gasteiger partial charge in [-0.25, -0.2) is 0 Å². The van der Waals surface area contributed by atoms with Gasteiger partial charge in [-0.2, -0.15) is 5.26 Å². The molecule has 0 bridgehead atoms. The Morgan fingerprint density at radius 2 is 2.15 bits per heavy atom. The molecule has 4 heteroatoms. The smallest absolute Gasteiger partial charge is 0.219 e. The monoisotopic (exact) mass is 181 g/mol. The Morgan fingerprint density at radius 3 is 2.77 bits per heavy atom. The van der Waals surface area contributed by atoms with Crippen LogP contribution in [0.5, 0.6) is 0 Å². The summed E-state index contributed by atoms with van der Waals surface area (Å²) < 4.78 is 0. The van der Waals surface area contributed by atoms with Crippen LogP contribution in [0, 0.1) is 11.3 Å². The van der Waals surface area contributed by atoms with Crippen molar-refractivity contribution in [3.63, 3.8) is 0 Å². The van der Waals surface area contributed by atoms with Crippen LogP contribution in [0.25, 0.3) is 0 Å². The van der Waals surface area contributed by atoms with Crippen LogP contribution in [-0.2, 0) is 4.79 Å². The maximum absolute atomic E-state index is 11.1. The van der Waals surface area contributed by atoms with Gasteiger partial charge in [-0.15, -0.1) is 0 Å². The van der Waals surface area contributed by atoms with E-state index in [1.54, 1.807) is 6.92 Å². The molecular formula is C9H15N3O. The minimum absolute atomic E-state index is 0.138. The van der Waals surface area contributed by atoms with Crippen LogP contribution in [-0.4, -0.2) is 48.4 Å². The molecule has 0 spiro atoms. The molecule has 0 radical (unpaired) electrons. The van der Waals surface area contributed by atoms with Crippen molar-refractivity contribution < 1.29 is 4.79 Å². The summed E-state index contributed by atoms with van der Waals surface area (Å²) in [5, 5.41) is 8.51. The number of hydrogen-bond acceptors (Lipinski definition) is 3. The van der Waals surface area contributed by atoms with Gasteiger partial charge in [0.25, 0.3) is 0 Å². The summed E-state index contributed by atoms with van der Waals surface area (Å²) in [6.07, 6.45) is 0.973. The zero-order valence-corrected chi connectivity index (χ0v) is 7.99. The molecule has 1 rings (SSSR count). The summed E-state index contributed by atoms with van der Waals surface area (Å²) in [6.45, 7) is 5.42. The number of carbonyl (C=O) groups excluding carboxylic acids is 1. The second-order valence-electron chi connectivity index (χ2n) is 3.29. The van der Waals surface area contributed by atoms with Crippen LogP contribution in [0.3, 0.4) is 0 Å². The SMILES string of the molecule is CC(=O)N1CCCN(CC#N)CC1. The molecule has 1 amide bonds. The molecule has 0 atom stereocenters. The van der Waals surface area contributed by atoms with Crippen molar-refractivity contribution >= 4 is 5.91 Å². The van der Waals surface area contributed by atoms with Gasteiger partial charge in [0.1, 0.15) is 0 Å². The van der Waals surface area contributed by atoms with Crippen molar-refractivity contribution in [1.29, 1.82) is 5.26 Å². The van der Waals surface area contributed by atoms with Crippen LogP contribution in [0.4, 0.5) is 0 Å². The molecule has 1 fully saturated rings. The van der Waals surface area contributed by atoms with Crippen LogP contribution >= 0.6 is 0 Å². The summed E-state index contributed by atoms with van der Waals surface area (Å²) >= 11 is 0. The highest BCUT2D eigenvalue weighted by atomic mass is 16.2. The van der Waals surface area contributed by atoms with E-state index in [0.29, 0.717) is 6.54 Å². The lowest BCUT2D eigenvalue weighted by Gasteiger charge is -2.18. The Labute approximate surface area is 78.7 Å². The molecule has 0 unspecified atom stereocenters. The Hall–Kier alpha value is -1.08. The molecule has 13 heavy (non-hydrogen) atoms. The first-order valence-corrected chi connectivity index (χ1v) is 4.59. The molecule has 0 aromatic heterocycles. The average molecular weight is 181 g/mol. The number of nitrogens with zero attached hydrogens (tertiary/aromatic N) is 3. The topological polar surface area (TPSA) is 47.3 Å². The molecule has 1 aliphatic heterocycles. The van der Waals surface area contributed by atoms with Crippen molar-refractivity contribution in [2.24, 2.45) is 0 Å². The third kappa shape index (κ3) is 3.03. The Morgan fingerprint density at radius 1 is 1.38 bits per heavy atom. The Bertz CT molecular complexity index is 221. The van der Waals surface area contributed by atoms with Crippen molar-refractivity contribution in [2.75, 3.05) is 32.7 Å². The summed E-state index contributed by atoms with van der Waals surface area (Å²) in [5.74, 6) is 0.138. The van der Waals surface area contributed by atoms with Gasteiger partial charge in [-0.3, -0.25) is 9.69 Å². The van der Waals surface area contributed by atoms with E-state index in [1.165, 1.54) is 0 Å². The van der Waals surface area contributed by atoms with Crippen LogP contribution < -0.4 is 0 Å². The lowest BCUT2D eigenvalue weighted by molar-refractivity contribution is -0.128. The molecule has 1 aliphatic rings. The lowest BCUT2D eigenvalue weighted by atomic mass is 10.4. The minimum Gasteiger partial charge on any atom is -0.342 e. The van der Waals surface area contributed by atoms with E-state index < -0.39 is 0 Å². The van der Waals surface area contributed by atoms with Crippen LogP contribution in [0.1, 0.15) is 13.3 Å². The van der Waals surface area contributed by atoms with E-state index in [1.807, 2.05) is 4.90 Å². The van der Waals surface area contributed by atoms with Crippen molar-refractivity contribution in [3.8, 4) is 6.07 Å². The second kappa shape index (κ2) is 4.83. The van der Waals surface area contributed by atoms with Gasteiger partial charge < -0.3 is 4.90 Å². The van der Waals surface area contributed by atoms with Gasteiger partial charge in [0.2, 0.25) is 5.91 Å². The standard InChI is InChI=1S/C9H15N3O/c1-9(13)12-5-2-4-11(6-3-10)7-8-12/h2,4-8H2,1H3. The zero-order chi connectivity index (χ0) is 9.68. The van der Waals surface area contributed by atoms with Gasteiger partial charge in [-0.1, -0.05) is 0 Å². The summed E-state index contributed by atoms with van der Waals surface area (Å²) in [7, 11) is 0. The predicted molar refractivity (Wildman–Crippen MR) is 48.9 cm³/mol. The fraction of sp³-hybridized carbons (Fsp3) is 0.778. The quantitative estimate of drug-likeness (QED) is 0.538. The molecule has 1 saturated heterocycles. The van der Waals surface area contributed by atoms with E-state index in [2.05, 4.69) is 11.0 Å². The average Bonchev–Trinajstić information content (AvgIpc) is 2.30. The maximum atomic E-state index is 11.1. The minimum atomic E-state index is 0.138. The molecular weight excluding hydrogens is 166 g/mol. The third-order valence-electron chi connectivity index (χ3n) is 2.33. The highest BCUT2D eigenvalue weighted by Gasteiger charge is 2.15. The highest BCUT2D eigenvalue weighted by Crippen LogP contribution is 2.02. The molecule has 1 heterocycles. The first-order chi connectivity index (χ1) is 6.24. The first kappa shape index (κ1) is 10.0. The van der Waals surface area contributed by atoms with Gasteiger partial charge in [-0.05, 0) is 6.42 Å². The largest absolute Gasteiger partial charge is 0.342 e. The third-order valence-corrected chi connectivity index (χ3v) is 2.33. The van der Waals surface area contributed by atoms with E-state index in [4.69, 9.17) is 5.26 Å². The molecule has 0 aromatic carbocycles. The number of hydrogen-bond donors (Lipinski definition) is 0. The maximum Gasteiger partial charge on any atom is 0.219 e. The summed E-state index contributed by atoms with van der Waals surface area (Å²) in [5.41, 5.74) is 0. The molecule has 0 aromatic rings. The highest BCUT2D eigenvalue weighted by molar-refractivity contribution is 5.73. The van der Waals surface area contributed by atoms with E-state index in [-0.39, 0.29) is 5.91 Å². The first-order valence-electron chi connectivity index (χ1n) is 4.59. The van der Waals surface area contributed by atoms with Gasteiger partial charge in [0.05, 0.1) is 12.6 Å². The van der Waals surface area contributed by atoms with E-state index in [9.17, 15) is 4.79 Å². The number of carbonyl (C=O) groups is 1. The number of amides is 1. The normalized spacial score (nSPS) is 19.2. The zero-order valence-electron chi connectivity index (χ0n) is 7.99. The van der Waals surface area contributed by atoms with Gasteiger partial charge in [0, 0.05) is 33.1 Å². The van der Waals surface area contributed by atoms with Crippen molar-refractivity contribution in [3.05, 3.63) is 0 Å². The fourth-order valence-electron chi connectivity index (χ4n) is 1.54. The summed E-state index contributed by atoms with van der Waals surface area (Å²) in [6, 6.07) is 2.13. The molecule has 4 nitrogen and oxygen atoms in total. The number of nitriles is 1. The Balaban J connectivity index is 2.40. The molecule has 72 valence electrons. The van der Waals surface area contributed by atoms with Crippen LogP contribution in [0.15, 0.2) is 0 Å². The molecule has 0 N–H and O–H groups in total. The Kier molecular flexibility index (Phi) is 3.71. The lowest BCUT2D eigenvalue weighted by Crippen LogP contribution is -2.33. The number of rotatable bonds is 1. The summed E-state index contributed by atoms with van der Waals surface area (Å²) in [4.78, 5) is 15.0. The second-order valence-corrected chi connectivity index (χ2v) is 3.29. The molecule has 0 saturated carbocycles. The van der Waals surface area contributed by atoms with Crippen molar-refractivity contribution in [1.82, 2.24) is 9.80 Å². The van der Waals surface area contributed by atoms with E-state index in [0.717, 1.165) is 32.6 Å². The van der Waals surface area contributed by atoms with Gasteiger partial charge >= 0.3 is 0 Å². The van der Waals surface area contributed by atoms with Gasteiger partial charge in [0.15, 0.2) is 0 Å². The van der Waals surface area contributed by atoms with Crippen LogP contribution in [0.2, 0.25) is 0 Å². The van der Waals surface area contributed by atoms with Crippen molar-refractivity contribution in [2.45, 2.75) is 13.3 Å². The fourth-order valence-corrected chi connectivity index (χ4v) is 1.54.